The van der Waals surface area contributed by atoms with E-state index < -0.39 is 0 Å². The third-order valence-electron chi connectivity index (χ3n) is 4.74. The lowest BCUT2D eigenvalue weighted by molar-refractivity contribution is -0.116. The Bertz CT molecular complexity index is 1130. The lowest BCUT2D eigenvalue weighted by atomic mass is 10.1. The number of thiazole rings is 1. The second kappa shape index (κ2) is 9.00. The number of nitrogens with one attached hydrogen (secondary N) is 1. The van der Waals surface area contributed by atoms with Gasteiger partial charge in [-0.05, 0) is 31.0 Å². The van der Waals surface area contributed by atoms with Crippen LogP contribution in [0.4, 0.5) is 5.69 Å². The molecular formula is C23H22N4O2S. The van der Waals surface area contributed by atoms with Crippen molar-refractivity contribution in [3.8, 4) is 22.6 Å². The lowest BCUT2D eigenvalue weighted by Crippen LogP contribution is -2.12. The summed E-state index contributed by atoms with van der Waals surface area (Å²) in [6.45, 7) is 4.10. The number of benzene rings is 2. The zero-order valence-electron chi connectivity index (χ0n) is 16.9. The SMILES string of the molecule is CCc1ccc(-c2noc(CCC(=O)Nc3ccc(-c4csc(C)n4)cc3)n2)cc1. The number of carbonyl (C=O) groups excluding carboxylic acids is 1. The maximum atomic E-state index is 12.3. The quantitative estimate of drug-likeness (QED) is 0.440. The molecule has 0 saturated carbocycles. The summed E-state index contributed by atoms with van der Waals surface area (Å²) in [5.74, 6) is 0.897. The number of aromatic nitrogens is 3. The van der Waals surface area contributed by atoms with Crippen LogP contribution in [-0.2, 0) is 17.6 Å². The molecule has 7 heteroatoms. The predicted octanol–water partition coefficient (Wildman–Crippen LogP) is 5.30. The van der Waals surface area contributed by atoms with E-state index in [1.165, 1.54) is 5.56 Å². The molecule has 4 aromatic rings. The Morgan fingerprint density at radius 1 is 1.03 bits per heavy atom. The van der Waals surface area contributed by atoms with Crippen molar-refractivity contribution in [2.24, 2.45) is 0 Å². The number of nitrogens with zero attached hydrogens (tertiary/aromatic N) is 3. The molecule has 0 spiro atoms. The highest BCUT2D eigenvalue weighted by molar-refractivity contribution is 7.09. The maximum absolute atomic E-state index is 12.3. The molecule has 4 rings (SSSR count). The van der Waals surface area contributed by atoms with Crippen molar-refractivity contribution in [1.29, 1.82) is 0 Å². The second-order valence-corrected chi connectivity index (χ2v) is 8.00. The van der Waals surface area contributed by atoms with Crippen LogP contribution in [0.15, 0.2) is 58.4 Å². The molecule has 1 N–H and O–H groups in total. The lowest BCUT2D eigenvalue weighted by Gasteiger charge is -2.05. The first-order chi connectivity index (χ1) is 14.6. The molecule has 0 fully saturated rings. The van der Waals surface area contributed by atoms with Crippen LogP contribution < -0.4 is 5.32 Å². The first-order valence-electron chi connectivity index (χ1n) is 9.85. The molecule has 0 bridgehead atoms. The Labute approximate surface area is 179 Å². The molecule has 2 aromatic heterocycles. The van der Waals surface area contributed by atoms with Gasteiger partial charge in [0.1, 0.15) is 0 Å². The summed E-state index contributed by atoms with van der Waals surface area (Å²) in [6.07, 6.45) is 1.64. The van der Waals surface area contributed by atoms with Gasteiger partial charge in [-0.15, -0.1) is 11.3 Å². The molecule has 6 nitrogen and oxygen atoms in total. The second-order valence-electron chi connectivity index (χ2n) is 6.94. The van der Waals surface area contributed by atoms with Crippen molar-refractivity contribution < 1.29 is 9.32 Å². The minimum Gasteiger partial charge on any atom is -0.339 e. The predicted molar refractivity (Wildman–Crippen MR) is 118 cm³/mol. The molecule has 2 aromatic carbocycles. The number of anilines is 1. The Kier molecular flexibility index (Phi) is 5.99. The summed E-state index contributed by atoms with van der Waals surface area (Å²) in [7, 11) is 0. The Balaban J connectivity index is 1.31. The summed E-state index contributed by atoms with van der Waals surface area (Å²) >= 11 is 1.62. The molecule has 0 aliphatic heterocycles. The number of amides is 1. The van der Waals surface area contributed by atoms with Gasteiger partial charge in [0.25, 0.3) is 0 Å². The monoisotopic (exact) mass is 418 g/mol. The van der Waals surface area contributed by atoms with E-state index in [1.54, 1.807) is 11.3 Å². The summed E-state index contributed by atoms with van der Waals surface area (Å²) in [5.41, 5.74) is 4.89. The normalized spacial score (nSPS) is 10.9. The molecule has 0 atom stereocenters. The molecule has 0 aliphatic carbocycles. The number of hydrogen-bond donors (Lipinski definition) is 1. The van der Waals surface area contributed by atoms with E-state index in [4.69, 9.17) is 4.52 Å². The first kappa shape index (κ1) is 20.0. The van der Waals surface area contributed by atoms with Crippen LogP contribution in [0.1, 0.15) is 29.8 Å². The van der Waals surface area contributed by atoms with Gasteiger partial charge in [0, 0.05) is 35.0 Å². The number of carbonyl (C=O) groups is 1. The van der Waals surface area contributed by atoms with Crippen molar-refractivity contribution in [1.82, 2.24) is 15.1 Å². The fourth-order valence-corrected chi connectivity index (χ4v) is 3.65. The van der Waals surface area contributed by atoms with Crippen LogP contribution in [-0.4, -0.2) is 21.0 Å². The van der Waals surface area contributed by atoms with Crippen molar-refractivity contribution in [3.05, 3.63) is 70.4 Å². The summed E-state index contributed by atoms with van der Waals surface area (Å²) in [5, 5.41) is 9.98. The Morgan fingerprint density at radius 3 is 2.43 bits per heavy atom. The zero-order valence-corrected chi connectivity index (χ0v) is 17.7. The summed E-state index contributed by atoms with van der Waals surface area (Å²) in [4.78, 5) is 21.2. The fourth-order valence-electron chi connectivity index (χ4n) is 3.03. The van der Waals surface area contributed by atoms with Crippen molar-refractivity contribution in [2.45, 2.75) is 33.1 Å². The van der Waals surface area contributed by atoms with Crippen LogP contribution in [0.5, 0.6) is 0 Å². The van der Waals surface area contributed by atoms with Crippen LogP contribution in [0.3, 0.4) is 0 Å². The van der Waals surface area contributed by atoms with Gasteiger partial charge in [0.15, 0.2) is 0 Å². The highest BCUT2D eigenvalue weighted by Crippen LogP contribution is 2.23. The summed E-state index contributed by atoms with van der Waals surface area (Å²) < 4.78 is 5.30. The van der Waals surface area contributed by atoms with Gasteiger partial charge < -0.3 is 9.84 Å². The molecule has 1 amide bonds. The van der Waals surface area contributed by atoms with Crippen molar-refractivity contribution >= 4 is 22.9 Å². The molecule has 152 valence electrons. The first-order valence-corrected chi connectivity index (χ1v) is 10.7. The van der Waals surface area contributed by atoms with E-state index >= 15 is 0 Å². The molecule has 0 radical (unpaired) electrons. The van der Waals surface area contributed by atoms with Crippen molar-refractivity contribution in [2.75, 3.05) is 5.32 Å². The minimum absolute atomic E-state index is 0.0979. The van der Waals surface area contributed by atoms with E-state index in [1.807, 2.05) is 48.7 Å². The average Bonchev–Trinajstić information content (AvgIpc) is 3.42. The third-order valence-corrected chi connectivity index (χ3v) is 5.51. The zero-order chi connectivity index (χ0) is 20.9. The highest BCUT2D eigenvalue weighted by atomic mass is 32.1. The molecule has 30 heavy (non-hydrogen) atoms. The molecule has 0 aliphatic rings. The molecular weight excluding hydrogens is 396 g/mol. The topological polar surface area (TPSA) is 80.9 Å². The largest absolute Gasteiger partial charge is 0.339 e. The van der Waals surface area contributed by atoms with Crippen LogP contribution in [0.25, 0.3) is 22.6 Å². The van der Waals surface area contributed by atoms with Crippen LogP contribution >= 0.6 is 11.3 Å². The van der Waals surface area contributed by atoms with E-state index in [0.717, 1.165) is 33.9 Å². The van der Waals surface area contributed by atoms with Gasteiger partial charge in [-0.3, -0.25) is 4.79 Å². The van der Waals surface area contributed by atoms with Crippen LogP contribution in [0, 0.1) is 6.92 Å². The van der Waals surface area contributed by atoms with E-state index in [0.29, 0.717) is 18.1 Å². The van der Waals surface area contributed by atoms with Gasteiger partial charge in [-0.1, -0.05) is 48.5 Å². The Hall–Kier alpha value is -3.32. The number of hydrogen-bond acceptors (Lipinski definition) is 6. The number of aryl methyl sites for hydroxylation is 3. The van der Waals surface area contributed by atoms with Gasteiger partial charge in [0.05, 0.1) is 10.7 Å². The van der Waals surface area contributed by atoms with Gasteiger partial charge in [-0.25, -0.2) is 4.98 Å². The van der Waals surface area contributed by atoms with E-state index in [9.17, 15) is 4.79 Å². The smallest absolute Gasteiger partial charge is 0.227 e. The van der Waals surface area contributed by atoms with Gasteiger partial charge >= 0.3 is 0 Å². The van der Waals surface area contributed by atoms with Gasteiger partial charge in [0.2, 0.25) is 17.6 Å². The molecule has 2 heterocycles. The molecule has 0 saturated heterocycles. The molecule has 0 unspecified atom stereocenters. The maximum Gasteiger partial charge on any atom is 0.227 e. The number of rotatable bonds is 7. The van der Waals surface area contributed by atoms with E-state index in [-0.39, 0.29) is 12.3 Å². The van der Waals surface area contributed by atoms with Crippen molar-refractivity contribution in [3.63, 3.8) is 0 Å². The average molecular weight is 419 g/mol. The third kappa shape index (κ3) is 4.80. The fraction of sp³-hybridized carbons (Fsp3) is 0.217. The highest BCUT2D eigenvalue weighted by Gasteiger charge is 2.11. The minimum atomic E-state index is -0.0979. The summed E-state index contributed by atoms with van der Waals surface area (Å²) in [6, 6.07) is 15.8. The van der Waals surface area contributed by atoms with E-state index in [2.05, 4.69) is 39.5 Å². The van der Waals surface area contributed by atoms with Gasteiger partial charge in [-0.2, -0.15) is 4.98 Å². The standard InChI is InChI=1S/C23H22N4O2S/c1-3-16-4-6-18(7-5-16)23-26-22(29-27-23)13-12-21(28)25-19-10-8-17(9-11-19)20-14-30-15(2)24-20/h4-11,14H,3,12-13H2,1-2H3,(H,25,28). The van der Waals surface area contributed by atoms with Crippen LogP contribution in [0.2, 0.25) is 0 Å². The Morgan fingerprint density at radius 2 is 1.77 bits per heavy atom.